The summed E-state index contributed by atoms with van der Waals surface area (Å²) in [4.78, 5) is 16.5. The van der Waals surface area contributed by atoms with Gasteiger partial charge in [-0.15, -0.1) is 11.8 Å². The van der Waals surface area contributed by atoms with E-state index < -0.39 is 0 Å². The Labute approximate surface area is 171 Å². The molecular formula is C20H19ClFN3O2S. The van der Waals surface area contributed by atoms with Gasteiger partial charge < -0.3 is 9.84 Å². The maximum absolute atomic E-state index is 13.7. The number of rotatable bonds is 7. The van der Waals surface area contributed by atoms with E-state index in [1.807, 2.05) is 18.2 Å². The molecule has 1 unspecified atom stereocenters. The van der Waals surface area contributed by atoms with Gasteiger partial charge >= 0.3 is 0 Å². The molecule has 0 aliphatic rings. The van der Waals surface area contributed by atoms with Crippen molar-refractivity contribution in [3.63, 3.8) is 0 Å². The minimum Gasteiger partial charge on any atom is -0.351 e. The Kier molecular flexibility index (Phi) is 6.70. The smallest absolute Gasteiger partial charge is 0.236 e. The van der Waals surface area contributed by atoms with Crippen molar-refractivity contribution in [2.24, 2.45) is 0 Å². The molecule has 0 spiro atoms. The van der Waals surface area contributed by atoms with Crippen molar-refractivity contribution < 1.29 is 13.7 Å². The molecule has 1 heterocycles. The van der Waals surface area contributed by atoms with E-state index in [9.17, 15) is 9.18 Å². The summed E-state index contributed by atoms with van der Waals surface area (Å²) in [6.45, 7) is 3.86. The Hall–Kier alpha value is -2.38. The lowest BCUT2D eigenvalue weighted by Crippen LogP contribution is -2.30. The number of hydrogen-bond donors (Lipinski definition) is 1. The Morgan fingerprint density at radius 2 is 2.11 bits per heavy atom. The normalized spacial score (nSPS) is 12.0. The summed E-state index contributed by atoms with van der Waals surface area (Å²) in [5.41, 5.74) is 1.97. The third-order valence-electron chi connectivity index (χ3n) is 4.14. The second kappa shape index (κ2) is 9.21. The number of nitrogens with one attached hydrogen (secondary N) is 1. The second-order valence-electron chi connectivity index (χ2n) is 6.24. The molecule has 1 atom stereocenters. The minimum absolute atomic E-state index is 0.106. The molecule has 1 N–H and O–H groups in total. The van der Waals surface area contributed by atoms with Crippen molar-refractivity contribution in [2.75, 3.05) is 0 Å². The monoisotopic (exact) mass is 419 g/mol. The van der Waals surface area contributed by atoms with Gasteiger partial charge in [-0.3, -0.25) is 4.79 Å². The molecule has 0 saturated carbocycles. The molecule has 3 aromatic rings. The SMILES string of the molecule is Cc1ccc(-c2noc(CSC(C)C(=O)NCc3ccccc3Cl)n2)cc1F. The average molecular weight is 420 g/mol. The number of aryl methyl sites for hydroxylation is 1. The van der Waals surface area contributed by atoms with Gasteiger partial charge in [-0.25, -0.2) is 4.39 Å². The van der Waals surface area contributed by atoms with Crippen LogP contribution in [0.2, 0.25) is 5.02 Å². The third-order valence-corrected chi connectivity index (χ3v) is 5.63. The first kappa shape index (κ1) is 20.4. The quantitative estimate of drug-likeness (QED) is 0.597. The Morgan fingerprint density at radius 1 is 1.32 bits per heavy atom. The predicted octanol–water partition coefficient (Wildman–Crippen LogP) is 4.78. The summed E-state index contributed by atoms with van der Waals surface area (Å²) in [5, 5.41) is 7.06. The van der Waals surface area contributed by atoms with E-state index in [0.717, 1.165) is 5.56 Å². The Bertz CT molecular complexity index is 980. The number of thioether (sulfide) groups is 1. The molecule has 146 valence electrons. The molecular weight excluding hydrogens is 401 g/mol. The highest BCUT2D eigenvalue weighted by Crippen LogP contribution is 2.22. The molecule has 3 rings (SSSR count). The van der Waals surface area contributed by atoms with Crippen molar-refractivity contribution in [2.45, 2.75) is 31.4 Å². The topological polar surface area (TPSA) is 68.0 Å². The van der Waals surface area contributed by atoms with Crippen molar-refractivity contribution >= 4 is 29.3 Å². The first-order chi connectivity index (χ1) is 13.4. The number of hydrogen-bond acceptors (Lipinski definition) is 5. The summed E-state index contributed by atoms with van der Waals surface area (Å²) in [5.74, 6) is 0.659. The van der Waals surface area contributed by atoms with Crippen LogP contribution in [0.25, 0.3) is 11.4 Å². The van der Waals surface area contributed by atoms with Crippen LogP contribution in [0.4, 0.5) is 4.39 Å². The van der Waals surface area contributed by atoms with E-state index in [1.54, 1.807) is 32.0 Å². The minimum atomic E-state index is -0.318. The van der Waals surface area contributed by atoms with E-state index in [4.69, 9.17) is 16.1 Å². The molecule has 0 aliphatic heterocycles. The first-order valence-electron chi connectivity index (χ1n) is 8.66. The van der Waals surface area contributed by atoms with Gasteiger partial charge in [0.25, 0.3) is 0 Å². The summed E-state index contributed by atoms with van der Waals surface area (Å²) in [6.07, 6.45) is 0. The lowest BCUT2D eigenvalue weighted by molar-refractivity contribution is -0.120. The van der Waals surface area contributed by atoms with Crippen LogP contribution in [-0.4, -0.2) is 21.3 Å². The summed E-state index contributed by atoms with van der Waals surface area (Å²) >= 11 is 7.47. The van der Waals surface area contributed by atoms with Gasteiger partial charge in [0.1, 0.15) is 5.82 Å². The third kappa shape index (κ3) is 5.11. The van der Waals surface area contributed by atoms with Crippen LogP contribution < -0.4 is 5.32 Å². The highest BCUT2D eigenvalue weighted by molar-refractivity contribution is 7.99. The van der Waals surface area contributed by atoms with E-state index in [0.29, 0.717) is 40.2 Å². The zero-order chi connectivity index (χ0) is 20.1. The van der Waals surface area contributed by atoms with E-state index in [2.05, 4.69) is 15.5 Å². The van der Waals surface area contributed by atoms with Crippen LogP contribution in [-0.2, 0) is 17.1 Å². The number of carbonyl (C=O) groups is 1. The van der Waals surface area contributed by atoms with Crippen LogP contribution >= 0.6 is 23.4 Å². The van der Waals surface area contributed by atoms with Crippen LogP contribution in [0.5, 0.6) is 0 Å². The highest BCUT2D eigenvalue weighted by atomic mass is 35.5. The first-order valence-corrected chi connectivity index (χ1v) is 10.1. The van der Waals surface area contributed by atoms with Gasteiger partial charge in [0.2, 0.25) is 17.6 Å². The standard InChI is InChI=1S/C20H19ClFN3O2S/c1-12-7-8-14(9-17(12)22)19-24-18(27-25-19)11-28-13(2)20(26)23-10-15-5-3-4-6-16(15)21/h3-9,13H,10-11H2,1-2H3,(H,23,26). The molecule has 0 fully saturated rings. The fraction of sp³-hybridized carbons (Fsp3) is 0.250. The molecule has 0 radical (unpaired) electrons. The number of halogens is 2. The van der Waals surface area contributed by atoms with Crippen molar-refractivity contribution in [1.29, 1.82) is 0 Å². The van der Waals surface area contributed by atoms with Gasteiger partial charge in [0, 0.05) is 17.1 Å². The van der Waals surface area contributed by atoms with Gasteiger partial charge in [-0.2, -0.15) is 4.98 Å². The number of aromatic nitrogens is 2. The second-order valence-corrected chi connectivity index (χ2v) is 7.97. The molecule has 2 aromatic carbocycles. The maximum Gasteiger partial charge on any atom is 0.236 e. The van der Waals surface area contributed by atoms with Gasteiger partial charge in [0.05, 0.1) is 11.0 Å². The summed E-state index contributed by atoms with van der Waals surface area (Å²) in [6, 6.07) is 12.2. The molecule has 5 nitrogen and oxygen atoms in total. The number of amides is 1. The lowest BCUT2D eigenvalue weighted by atomic mass is 10.1. The van der Waals surface area contributed by atoms with E-state index in [1.165, 1.54) is 17.8 Å². The Balaban J connectivity index is 1.52. The predicted molar refractivity (Wildman–Crippen MR) is 108 cm³/mol. The number of nitrogens with zero attached hydrogens (tertiary/aromatic N) is 2. The van der Waals surface area contributed by atoms with Crippen LogP contribution in [0, 0.1) is 12.7 Å². The zero-order valence-corrected chi connectivity index (χ0v) is 17.0. The van der Waals surface area contributed by atoms with Gasteiger partial charge in [-0.1, -0.05) is 47.1 Å². The van der Waals surface area contributed by atoms with Gasteiger partial charge in [-0.05, 0) is 37.1 Å². The fourth-order valence-corrected chi connectivity index (χ4v) is 3.35. The lowest BCUT2D eigenvalue weighted by Gasteiger charge is -2.11. The van der Waals surface area contributed by atoms with Gasteiger partial charge in [0.15, 0.2) is 0 Å². The molecule has 0 aliphatic carbocycles. The average Bonchev–Trinajstić information content (AvgIpc) is 3.16. The van der Waals surface area contributed by atoms with E-state index >= 15 is 0 Å². The summed E-state index contributed by atoms with van der Waals surface area (Å²) in [7, 11) is 0. The van der Waals surface area contributed by atoms with E-state index in [-0.39, 0.29) is 17.0 Å². The largest absolute Gasteiger partial charge is 0.351 e. The zero-order valence-electron chi connectivity index (χ0n) is 15.4. The fourth-order valence-electron chi connectivity index (χ4n) is 2.40. The van der Waals surface area contributed by atoms with Crippen molar-refractivity contribution in [3.8, 4) is 11.4 Å². The molecule has 1 amide bonds. The number of carbonyl (C=O) groups excluding carboxylic acids is 1. The summed E-state index contributed by atoms with van der Waals surface area (Å²) < 4.78 is 18.9. The molecule has 8 heteroatoms. The molecule has 0 saturated heterocycles. The van der Waals surface area contributed by atoms with Crippen molar-refractivity contribution in [3.05, 3.63) is 70.3 Å². The molecule has 1 aromatic heterocycles. The van der Waals surface area contributed by atoms with Crippen LogP contribution in [0.3, 0.4) is 0 Å². The molecule has 0 bridgehead atoms. The van der Waals surface area contributed by atoms with Crippen LogP contribution in [0.1, 0.15) is 23.9 Å². The Morgan fingerprint density at radius 3 is 2.86 bits per heavy atom. The van der Waals surface area contributed by atoms with Crippen LogP contribution in [0.15, 0.2) is 47.0 Å². The molecule has 28 heavy (non-hydrogen) atoms. The maximum atomic E-state index is 13.7. The number of benzene rings is 2. The van der Waals surface area contributed by atoms with Crippen molar-refractivity contribution in [1.82, 2.24) is 15.5 Å². The highest BCUT2D eigenvalue weighted by Gasteiger charge is 2.16.